The molecule has 0 aromatic heterocycles. The number of halogens is 4. The minimum absolute atomic E-state index is 0.308. The van der Waals surface area contributed by atoms with Crippen LogP contribution in [-0.4, -0.2) is 5.91 Å². The number of carbonyl (C=O) groups excluding carboxylic acids is 1. The van der Waals surface area contributed by atoms with E-state index in [2.05, 4.69) is 15.9 Å². The van der Waals surface area contributed by atoms with Crippen LogP contribution in [0.4, 0.5) is 18.9 Å². The van der Waals surface area contributed by atoms with E-state index in [1.165, 1.54) is 18.2 Å². The molecule has 0 aliphatic heterocycles. The van der Waals surface area contributed by atoms with E-state index in [9.17, 15) is 18.0 Å². The van der Waals surface area contributed by atoms with E-state index in [4.69, 9.17) is 0 Å². The Bertz CT molecular complexity index is 626. The van der Waals surface area contributed by atoms with Gasteiger partial charge in [0.2, 0.25) is 0 Å². The maximum Gasteiger partial charge on any atom is 0.258 e. The third-order valence-corrected chi connectivity index (χ3v) is 2.87. The normalized spacial score (nSPS) is 10.3. The first-order valence-corrected chi connectivity index (χ1v) is 5.99. The van der Waals surface area contributed by atoms with Crippen molar-refractivity contribution < 1.29 is 18.0 Å². The predicted octanol–water partition coefficient (Wildman–Crippen LogP) is 4.12. The Kier molecular flexibility index (Phi) is 3.90. The summed E-state index contributed by atoms with van der Waals surface area (Å²) < 4.78 is 40.6. The standard InChI is InChI=1S/C13H7BrF3NO/c14-7-4-5-9(15)8(6-7)13(19)18-12-10(16)2-1-3-11(12)17/h1-6H,(H,18,19). The quantitative estimate of drug-likeness (QED) is 0.882. The predicted molar refractivity (Wildman–Crippen MR) is 68.4 cm³/mol. The van der Waals surface area contributed by atoms with Crippen molar-refractivity contribution >= 4 is 27.5 Å². The van der Waals surface area contributed by atoms with Crippen molar-refractivity contribution in [1.82, 2.24) is 0 Å². The number of rotatable bonds is 2. The zero-order chi connectivity index (χ0) is 14.0. The fraction of sp³-hybridized carbons (Fsp3) is 0. The second-order valence-corrected chi connectivity index (χ2v) is 4.59. The average molecular weight is 330 g/mol. The van der Waals surface area contributed by atoms with E-state index in [1.54, 1.807) is 0 Å². The van der Waals surface area contributed by atoms with Crippen LogP contribution in [0.5, 0.6) is 0 Å². The van der Waals surface area contributed by atoms with Crippen LogP contribution < -0.4 is 5.32 Å². The molecule has 19 heavy (non-hydrogen) atoms. The van der Waals surface area contributed by atoms with Gasteiger partial charge in [-0.2, -0.15) is 0 Å². The number of benzene rings is 2. The van der Waals surface area contributed by atoms with Gasteiger partial charge in [0, 0.05) is 4.47 Å². The maximum absolute atomic E-state index is 13.5. The van der Waals surface area contributed by atoms with Crippen LogP contribution in [0.3, 0.4) is 0 Å². The molecule has 2 aromatic rings. The topological polar surface area (TPSA) is 29.1 Å². The van der Waals surface area contributed by atoms with E-state index >= 15 is 0 Å². The van der Waals surface area contributed by atoms with Gasteiger partial charge in [-0.05, 0) is 30.3 Å². The number of nitrogens with one attached hydrogen (secondary N) is 1. The summed E-state index contributed by atoms with van der Waals surface area (Å²) in [7, 11) is 0. The van der Waals surface area contributed by atoms with E-state index in [0.29, 0.717) is 4.47 Å². The molecule has 0 saturated heterocycles. The van der Waals surface area contributed by atoms with Gasteiger partial charge < -0.3 is 5.32 Å². The van der Waals surface area contributed by atoms with Crippen molar-refractivity contribution in [3.8, 4) is 0 Å². The van der Waals surface area contributed by atoms with Crippen LogP contribution in [0.2, 0.25) is 0 Å². The van der Waals surface area contributed by atoms with Crippen LogP contribution in [0.15, 0.2) is 40.9 Å². The zero-order valence-corrected chi connectivity index (χ0v) is 11.0. The Balaban J connectivity index is 2.34. The third-order valence-electron chi connectivity index (χ3n) is 2.37. The van der Waals surface area contributed by atoms with E-state index < -0.39 is 29.0 Å². The van der Waals surface area contributed by atoms with Gasteiger partial charge >= 0.3 is 0 Å². The largest absolute Gasteiger partial charge is 0.317 e. The number of hydrogen-bond donors (Lipinski definition) is 1. The number of amides is 1. The Morgan fingerprint density at radius 3 is 2.26 bits per heavy atom. The molecule has 2 rings (SSSR count). The van der Waals surface area contributed by atoms with E-state index in [0.717, 1.165) is 18.2 Å². The molecule has 2 aromatic carbocycles. The van der Waals surface area contributed by atoms with Gasteiger partial charge in [-0.15, -0.1) is 0 Å². The van der Waals surface area contributed by atoms with Crippen molar-refractivity contribution in [3.63, 3.8) is 0 Å². The summed E-state index contributed by atoms with van der Waals surface area (Å²) >= 11 is 3.08. The Morgan fingerprint density at radius 1 is 1.00 bits per heavy atom. The van der Waals surface area contributed by atoms with Crippen LogP contribution in [0, 0.1) is 17.5 Å². The highest BCUT2D eigenvalue weighted by Crippen LogP contribution is 2.21. The van der Waals surface area contributed by atoms with Crippen molar-refractivity contribution in [1.29, 1.82) is 0 Å². The second kappa shape index (κ2) is 5.44. The fourth-order valence-electron chi connectivity index (χ4n) is 1.47. The van der Waals surface area contributed by atoms with Crippen LogP contribution in [0.25, 0.3) is 0 Å². The SMILES string of the molecule is O=C(Nc1c(F)cccc1F)c1cc(Br)ccc1F. The zero-order valence-electron chi connectivity index (χ0n) is 9.38. The molecule has 0 radical (unpaired) electrons. The van der Waals surface area contributed by atoms with Crippen molar-refractivity contribution in [3.05, 3.63) is 63.9 Å². The lowest BCUT2D eigenvalue weighted by atomic mass is 10.2. The summed E-state index contributed by atoms with van der Waals surface area (Å²) in [6.07, 6.45) is 0. The molecule has 2 nitrogen and oxygen atoms in total. The molecule has 0 atom stereocenters. The molecule has 0 unspecified atom stereocenters. The van der Waals surface area contributed by atoms with Crippen LogP contribution in [0.1, 0.15) is 10.4 Å². The van der Waals surface area contributed by atoms with Gasteiger partial charge in [0.25, 0.3) is 5.91 Å². The molecular weight excluding hydrogens is 323 g/mol. The summed E-state index contributed by atoms with van der Waals surface area (Å²) in [4.78, 5) is 11.8. The molecule has 0 aliphatic carbocycles. The first-order chi connectivity index (χ1) is 8.99. The van der Waals surface area contributed by atoms with Crippen LogP contribution in [-0.2, 0) is 0 Å². The highest BCUT2D eigenvalue weighted by Gasteiger charge is 2.16. The molecule has 0 saturated carbocycles. The van der Waals surface area contributed by atoms with Gasteiger partial charge in [0.1, 0.15) is 23.1 Å². The maximum atomic E-state index is 13.5. The minimum Gasteiger partial charge on any atom is -0.317 e. The molecule has 0 spiro atoms. The Morgan fingerprint density at radius 2 is 1.63 bits per heavy atom. The van der Waals surface area contributed by atoms with Gasteiger partial charge in [-0.1, -0.05) is 22.0 Å². The summed E-state index contributed by atoms with van der Waals surface area (Å²) in [5.74, 6) is -3.56. The highest BCUT2D eigenvalue weighted by molar-refractivity contribution is 9.10. The molecular formula is C13H7BrF3NO. The molecule has 0 heterocycles. The first-order valence-electron chi connectivity index (χ1n) is 5.19. The van der Waals surface area contributed by atoms with Gasteiger partial charge in [-0.25, -0.2) is 13.2 Å². The fourth-order valence-corrected chi connectivity index (χ4v) is 1.83. The molecule has 0 bridgehead atoms. The Hall–Kier alpha value is -1.82. The lowest BCUT2D eigenvalue weighted by Crippen LogP contribution is -2.15. The number of hydrogen-bond acceptors (Lipinski definition) is 1. The summed E-state index contributed by atoms with van der Waals surface area (Å²) in [5.41, 5.74) is -0.913. The molecule has 0 aliphatic rings. The lowest BCUT2D eigenvalue weighted by Gasteiger charge is -2.08. The Labute approximate surface area is 115 Å². The smallest absolute Gasteiger partial charge is 0.258 e. The lowest BCUT2D eigenvalue weighted by molar-refractivity contribution is 0.102. The molecule has 6 heteroatoms. The average Bonchev–Trinajstić information content (AvgIpc) is 2.37. The second-order valence-electron chi connectivity index (χ2n) is 3.67. The first kappa shape index (κ1) is 13.6. The van der Waals surface area contributed by atoms with Gasteiger partial charge in [0.15, 0.2) is 0 Å². The van der Waals surface area contributed by atoms with E-state index in [1.807, 2.05) is 5.32 Å². The molecule has 1 N–H and O–H groups in total. The van der Waals surface area contributed by atoms with Gasteiger partial charge in [-0.3, -0.25) is 4.79 Å². The number of para-hydroxylation sites is 1. The molecule has 98 valence electrons. The third kappa shape index (κ3) is 2.96. The van der Waals surface area contributed by atoms with Crippen molar-refractivity contribution in [2.45, 2.75) is 0 Å². The van der Waals surface area contributed by atoms with E-state index in [-0.39, 0.29) is 5.56 Å². The van der Waals surface area contributed by atoms with Crippen LogP contribution >= 0.6 is 15.9 Å². The van der Waals surface area contributed by atoms with Crippen molar-refractivity contribution in [2.75, 3.05) is 5.32 Å². The highest BCUT2D eigenvalue weighted by atomic mass is 79.9. The van der Waals surface area contributed by atoms with Crippen molar-refractivity contribution in [2.24, 2.45) is 0 Å². The summed E-state index contributed by atoms with van der Waals surface area (Å²) in [6, 6.07) is 6.88. The number of carbonyl (C=O) groups is 1. The molecule has 0 fully saturated rings. The monoisotopic (exact) mass is 329 g/mol. The summed E-state index contributed by atoms with van der Waals surface area (Å²) in [5, 5.41) is 2.01. The van der Waals surface area contributed by atoms with Gasteiger partial charge in [0.05, 0.1) is 5.56 Å². The minimum atomic E-state index is -0.928. The molecule has 1 amide bonds. The summed E-state index contributed by atoms with van der Waals surface area (Å²) in [6.45, 7) is 0. The number of anilines is 1.